The number of nitrogens with two attached hydrogens (primary N) is 1. The number of benzene rings is 3. The first-order valence-electron chi connectivity index (χ1n) is 9.93. The van der Waals surface area contributed by atoms with Crippen LogP contribution in [0.5, 0.6) is 11.5 Å². The van der Waals surface area contributed by atoms with E-state index in [9.17, 15) is 40.6 Å². The Balaban J connectivity index is 2.32. The van der Waals surface area contributed by atoms with E-state index >= 15 is 0 Å². The molecule has 3 aromatic rings. The van der Waals surface area contributed by atoms with E-state index < -0.39 is 59.0 Å². The van der Waals surface area contributed by atoms with E-state index in [4.69, 9.17) is 10.5 Å². The fourth-order valence-corrected chi connectivity index (χ4v) is 5.56. The third kappa shape index (κ3) is 4.03. The van der Waals surface area contributed by atoms with Crippen LogP contribution in [0, 0.1) is 0 Å². The van der Waals surface area contributed by atoms with E-state index in [2.05, 4.69) is 6.58 Å². The molecular formula is C23H17NO10S2. The number of hydrogen-bond acceptors (Lipinski definition) is 8. The number of carbonyl (C=O) groups excluding carboxylic acids is 1. The summed E-state index contributed by atoms with van der Waals surface area (Å²) < 4.78 is 74.2. The molecule has 0 aromatic heterocycles. The number of carboxylic acids is 1. The minimum atomic E-state index is -5.04. The van der Waals surface area contributed by atoms with Crippen LogP contribution < -0.4 is 20.9 Å². The summed E-state index contributed by atoms with van der Waals surface area (Å²) in [7, 11) is -10.0. The van der Waals surface area contributed by atoms with Gasteiger partial charge in [0.05, 0.1) is 11.3 Å². The zero-order chi connectivity index (χ0) is 26.7. The molecule has 1 aliphatic rings. The predicted octanol–water partition coefficient (Wildman–Crippen LogP) is 1.43. The zero-order valence-corrected chi connectivity index (χ0v) is 20.0. The topological polar surface area (TPSA) is 198 Å². The van der Waals surface area contributed by atoms with Gasteiger partial charge in [-0.1, -0.05) is 24.8 Å². The number of ketones is 1. The molecule has 5 N–H and O–H groups in total. The first kappa shape index (κ1) is 25.1. The molecule has 0 aliphatic carbocycles. The molecular weight excluding hydrogens is 514 g/mol. The van der Waals surface area contributed by atoms with Gasteiger partial charge in [0, 0.05) is 21.9 Å². The fraction of sp³-hybridized carbons (Fsp3) is 0.0435. The zero-order valence-electron chi connectivity index (χ0n) is 18.3. The number of fused-ring (bicyclic) bond motifs is 2. The number of aromatic carboxylic acids is 1. The van der Waals surface area contributed by atoms with Crippen molar-refractivity contribution in [3.8, 4) is 11.5 Å². The molecule has 186 valence electrons. The lowest BCUT2D eigenvalue weighted by Gasteiger charge is -2.25. The van der Waals surface area contributed by atoms with Crippen molar-refractivity contribution < 1.29 is 45.4 Å². The van der Waals surface area contributed by atoms with Crippen molar-refractivity contribution in [2.24, 2.45) is 0 Å². The summed E-state index contributed by atoms with van der Waals surface area (Å²) in [6.45, 7) is 4.80. The van der Waals surface area contributed by atoms with Gasteiger partial charge in [0.25, 0.3) is 20.2 Å². The van der Waals surface area contributed by atoms with Crippen LogP contribution in [0.4, 0.5) is 5.69 Å². The lowest BCUT2D eigenvalue weighted by atomic mass is 9.88. The van der Waals surface area contributed by atoms with E-state index in [1.54, 1.807) is 0 Å². The maximum atomic E-state index is 12.2. The lowest BCUT2D eigenvalue weighted by Crippen LogP contribution is -2.27. The second-order valence-corrected chi connectivity index (χ2v) is 10.6. The highest BCUT2D eigenvalue weighted by Gasteiger charge is 2.34. The molecule has 13 heteroatoms. The Morgan fingerprint density at radius 1 is 0.889 bits per heavy atom. The lowest BCUT2D eigenvalue weighted by molar-refractivity contribution is 0.0696. The summed E-state index contributed by atoms with van der Waals surface area (Å²) in [5, 5.41) is 9.65. The number of hydrogen-bond donors (Lipinski definition) is 4. The van der Waals surface area contributed by atoms with Crippen LogP contribution in [0.2, 0.25) is 0 Å². The number of carbonyl (C=O) groups is 2. The first-order chi connectivity index (χ1) is 16.6. The van der Waals surface area contributed by atoms with Crippen molar-refractivity contribution in [2.75, 3.05) is 5.73 Å². The molecule has 0 saturated carbocycles. The van der Waals surface area contributed by atoms with E-state index in [1.165, 1.54) is 37.3 Å². The van der Waals surface area contributed by atoms with Gasteiger partial charge < -0.3 is 15.6 Å². The van der Waals surface area contributed by atoms with E-state index in [0.29, 0.717) is 0 Å². The molecule has 0 amide bonds. The molecule has 0 bridgehead atoms. The minimum Gasteiger partial charge on any atom is -0.478 e. The van der Waals surface area contributed by atoms with Gasteiger partial charge in [-0.3, -0.25) is 13.9 Å². The number of carboxylic acid groups (broad SMARTS) is 1. The van der Waals surface area contributed by atoms with Crippen molar-refractivity contribution in [1.29, 1.82) is 0 Å². The van der Waals surface area contributed by atoms with Crippen LogP contribution in [0.3, 0.4) is 0 Å². The Labute approximate surface area is 204 Å². The highest BCUT2D eigenvalue weighted by atomic mass is 32.2. The van der Waals surface area contributed by atoms with E-state index in [1.807, 2.05) is 0 Å². The Kier molecular flexibility index (Phi) is 5.76. The molecule has 0 fully saturated rings. The van der Waals surface area contributed by atoms with Gasteiger partial charge >= 0.3 is 5.97 Å². The van der Waals surface area contributed by atoms with Crippen LogP contribution in [0.1, 0.15) is 38.8 Å². The molecule has 1 heterocycles. The molecule has 0 radical (unpaired) electrons. The molecule has 11 nitrogen and oxygen atoms in total. The Hall–Kier alpha value is -4.04. The van der Waals surface area contributed by atoms with Crippen molar-refractivity contribution in [1.82, 2.24) is 0 Å². The van der Waals surface area contributed by atoms with Crippen LogP contribution in [0.15, 0.2) is 52.3 Å². The number of ether oxygens (including phenoxy) is 1. The highest BCUT2D eigenvalue weighted by Crippen LogP contribution is 2.44. The summed E-state index contributed by atoms with van der Waals surface area (Å²) in [5.74, 6) is -3.01. The molecule has 1 aliphatic heterocycles. The van der Waals surface area contributed by atoms with Gasteiger partial charge in [0.1, 0.15) is 4.90 Å². The second kappa shape index (κ2) is 8.27. The smallest absolute Gasteiger partial charge is 0.336 e. The first-order valence-corrected chi connectivity index (χ1v) is 12.8. The van der Waals surface area contributed by atoms with Gasteiger partial charge in [-0.05, 0) is 42.0 Å². The quantitative estimate of drug-likeness (QED) is 0.165. The molecule has 4 rings (SSSR count). The number of anilines is 1. The average molecular weight is 532 g/mol. The molecule has 0 spiro atoms. The number of Topliss-reactive ketones (excluding diaryl/α,β-unsaturated/α-hetero) is 1. The third-order valence-electron chi connectivity index (χ3n) is 5.52. The summed E-state index contributed by atoms with van der Waals surface area (Å²) in [4.78, 5) is 22.3. The van der Waals surface area contributed by atoms with Crippen LogP contribution in [0.25, 0.3) is 12.2 Å². The largest absolute Gasteiger partial charge is 0.478 e. The number of nitrogen functional groups attached to an aromatic ring is 1. The fourth-order valence-electron chi connectivity index (χ4n) is 4.02. The van der Waals surface area contributed by atoms with Gasteiger partial charge in [-0.2, -0.15) is 16.8 Å². The van der Waals surface area contributed by atoms with E-state index in [-0.39, 0.29) is 38.3 Å². The minimum absolute atomic E-state index is 0.0199. The van der Waals surface area contributed by atoms with Crippen molar-refractivity contribution in [3.05, 3.63) is 75.2 Å². The maximum absolute atomic E-state index is 12.2. The normalized spacial score (nSPS) is 12.9. The number of rotatable bonds is 5. The summed E-state index contributed by atoms with van der Waals surface area (Å²) in [6, 6.07) is 8.77. The van der Waals surface area contributed by atoms with Crippen LogP contribution in [-0.4, -0.2) is 42.8 Å². The van der Waals surface area contributed by atoms with Crippen molar-refractivity contribution >= 4 is 49.8 Å². The molecule has 3 aromatic carbocycles. The van der Waals surface area contributed by atoms with Crippen molar-refractivity contribution in [3.63, 3.8) is 0 Å². The average Bonchev–Trinajstić information content (AvgIpc) is 2.74. The Bertz CT molecular complexity index is 1840. The Morgan fingerprint density at radius 2 is 1.50 bits per heavy atom. The molecule has 0 saturated heterocycles. The highest BCUT2D eigenvalue weighted by molar-refractivity contribution is 7.86. The monoisotopic (exact) mass is 531 g/mol. The van der Waals surface area contributed by atoms with Gasteiger partial charge in [-0.15, -0.1) is 0 Å². The summed E-state index contributed by atoms with van der Waals surface area (Å²) in [6.07, 6.45) is 0. The maximum Gasteiger partial charge on any atom is 0.336 e. The van der Waals surface area contributed by atoms with Gasteiger partial charge in [0.15, 0.2) is 22.2 Å². The SMILES string of the molecule is C=c1ccc2c(c1S(=O)(=O)O)Oc1c(ccc(N)c1S(=O)(=O)O)C=2c1ccc(C(C)=O)cc1C(=O)O. The third-order valence-corrected chi connectivity index (χ3v) is 7.42. The molecule has 0 atom stereocenters. The standard InChI is InChI=1S/C23H17NO10S2/c1-10-3-5-14-18(13-6-4-12(11(2)25)9-16(13)23(26)27)15-7-8-17(24)22(36(31,32)33)20(15)34-19(14)21(10)35(28,29)30/h3-9H,1,24H2,2H3,(H,26,27)(H,28,29,30)(H,31,32,33). The molecule has 36 heavy (non-hydrogen) atoms. The van der Waals surface area contributed by atoms with Crippen LogP contribution in [-0.2, 0) is 20.2 Å². The Morgan fingerprint density at radius 3 is 2.06 bits per heavy atom. The van der Waals surface area contributed by atoms with Crippen molar-refractivity contribution in [2.45, 2.75) is 16.7 Å². The van der Waals surface area contributed by atoms with Crippen LogP contribution >= 0.6 is 0 Å². The predicted molar refractivity (Wildman–Crippen MR) is 127 cm³/mol. The van der Waals surface area contributed by atoms with E-state index in [0.717, 1.165) is 12.1 Å². The summed E-state index contributed by atoms with van der Waals surface area (Å²) in [5.41, 5.74) is 4.93. The summed E-state index contributed by atoms with van der Waals surface area (Å²) >= 11 is 0. The molecule has 0 unspecified atom stereocenters. The van der Waals surface area contributed by atoms with Gasteiger partial charge in [0.2, 0.25) is 0 Å². The van der Waals surface area contributed by atoms with Gasteiger partial charge in [-0.25, -0.2) is 4.79 Å². The second-order valence-electron chi connectivity index (χ2n) is 7.84.